The molecule has 27 heavy (non-hydrogen) atoms. The summed E-state index contributed by atoms with van der Waals surface area (Å²) < 4.78 is 46.1. The predicted molar refractivity (Wildman–Crippen MR) is 100 cm³/mol. The van der Waals surface area contributed by atoms with E-state index in [1.165, 1.54) is 0 Å². The normalized spacial score (nSPS) is 15.1. The van der Waals surface area contributed by atoms with Crippen molar-refractivity contribution in [2.24, 2.45) is 5.92 Å². The van der Waals surface area contributed by atoms with Gasteiger partial charge in [-0.25, -0.2) is 4.79 Å². The van der Waals surface area contributed by atoms with Gasteiger partial charge >= 0.3 is 12.0 Å². The second kappa shape index (κ2) is 10.00. The van der Waals surface area contributed by atoms with Crippen LogP contribution in [0.15, 0.2) is 18.1 Å². The molecule has 0 bridgehead atoms. The van der Waals surface area contributed by atoms with Gasteiger partial charge in [0, 0.05) is 15.5 Å². The molecule has 10 heteroatoms. The van der Waals surface area contributed by atoms with Crippen LogP contribution in [0, 0.1) is 12.8 Å². The summed E-state index contributed by atoms with van der Waals surface area (Å²) >= 11 is 0. The van der Waals surface area contributed by atoms with Crippen LogP contribution in [0.3, 0.4) is 0 Å². The third-order valence-electron chi connectivity index (χ3n) is 3.18. The van der Waals surface area contributed by atoms with Gasteiger partial charge in [0.05, 0.1) is 10.7 Å². The van der Waals surface area contributed by atoms with Crippen molar-refractivity contribution in [3.63, 3.8) is 0 Å². The van der Waals surface area contributed by atoms with Crippen molar-refractivity contribution in [3.05, 3.63) is 23.7 Å². The third-order valence-corrected chi connectivity index (χ3v) is 3.18. The fourth-order valence-electron chi connectivity index (χ4n) is 1.82. The molecule has 0 aliphatic heterocycles. The lowest BCUT2D eigenvalue weighted by atomic mass is 10.0. The summed E-state index contributed by atoms with van der Waals surface area (Å²) in [6, 6.07) is -4.39. The summed E-state index contributed by atoms with van der Waals surface area (Å²) in [4.78, 5) is 46.8. The molecule has 1 rings (SSSR count). The highest BCUT2D eigenvalue weighted by Gasteiger charge is 2.24. The SMILES string of the molecule is [2H]c1c([2H])c(C([2H])([2H])[2H])c(N)c([2H])c1NC(=O)N[C@H](C(=O)NCC(=O)NCC(=O)O)C(C)C. The second-order valence-corrected chi connectivity index (χ2v) is 5.75. The fraction of sp³-hybridized carbons (Fsp3) is 0.412. The number of carboxylic acid groups (broad SMARTS) is 1. The summed E-state index contributed by atoms with van der Waals surface area (Å²) in [5.74, 6) is -3.26. The highest BCUT2D eigenvalue weighted by Crippen LogP contribution is 2.16. The Morgan fingerprint density at radius 1 is 1.22 bits per heavy atom. The Bertz CT molecular complexity index is 924. The van der Waals surface area contributed by atoms with Gasteiger partial charge in [0.1, 0.15) is 12.6 Å². The Kier molecular flexibility index (Phi) is 5.13. The molecule has 0 heterocycles. The number of carbonyl (C=O) groups is 4. The molecule has 0 saturated carbocycles. The number of amides is 4. The molecule has 0 fully saturated rings. The number of hydrogen-bond acceptors (Lipinski definition) is 5. The summed E-state index contributed by atoms with van der Waals surface area (Å²) in [6.07, 6.45) is 0. The zero-order valence-corrected chi connectivity index (χ0v) is 14.7. The molecule has 7 N–H and O–H groups in total. The predicted octanol–water partition coefficient (Wildman–Crippen LogP) is 0.0403. The Balaban J connectivity index is 2.97. The minimum Gasteiger partial charge on any atom is -0.480 e. The van der Waals surface area contributed by atoms with Gasteiger partial charge in [0.25, 0.3) is 0 Å². The van der Waals surface area contributed by atoms with Crippen LogP contribution < -0.4 is 27.0 Å². The van der Waals surface area contributed by atoms with Crippen molar-refractivity contribution in [1.82, 2.24) is 16.0 Å². The topological polar surface area (TPSA) is 163 Å². The number of benzene rings is 1. The van der Waals surface area contributed by atoms with Crippen molar-refractivity contribution in [3.8, 4) is 0 Å². The van der Waals surface area contributed by atoms with Gasteiger partial charge < -0.3 is 32.1 Å². The third kappa shape index (κ3) is 7.63. The molecule has 0 aromatic heterocycles. The monoisotopic (exact) mass is 385 g/mol. The van der Waals surface area contributed by atoms with E-state index in [1.807, 2.05) is 0 Å². The van der Waals surface area contributed by atoms with Crippen molar-refractivity contribution < 1.29 is 32.5 Å². The molecule has 4 amide bonds. The zero-order chi connectivity index (χ0) is 25.7. The highest BCUT2D eigenvalue weighted by molar-refractivity contribution is 5.95. The van der Waals surface area contributed by atoms with E-state index >= 15 is 0 Å². The molecule has 0 aliphatic rings. The Morgan fingerprint density at radius 2 is 1.93 bits per heavy atom. The van der Waals surface area contributed by atoms with E-state index in [0.29, 0.717) is 0 Å². The molecule has 0 radical (unpaired) electrons. The number of anilines is 2. The number of hydrogen-bond donors (Lipinski definition) is 6. The number of carboxylic acids is 1. The Morgan fingerprint density at radius 3 is 2.52 bits per heavy atom. The van der Waals surface area contributed by atoms with E-state index in [2.05, 4.69) is 21.3 Å². The number of nitrogens with two attached hydrogens (primary N) is 1. The molecule has 10 nitrogen and oxygen atoms in total. The highest BCUT2D eigenvalue weighted by atomic mass is 16.4. The van der Waals surface area contributed by atoms with Gasteiger partial charge in [-0.1, -0.05) is 19.9 Å². The van der Waals surface area contributed by atoms with Crippen LogP contribution in [0.25, 0.3) is 0 Å². The Labute approximate surface area is 165 Å². The van der Waals surface area contributed by atoms with Crippen LogP contribution in [0.1, 0.15) is 27.6 Å². The number of carbonyl (C=O) groups excluding carboxylic acids is 3. The molecule has 1 atom stereocenters. The van der Waals surface area contributed by atoms with Gasteiger partial charge in [-0.05, 0) is 30.4 Å². The van der Waals surface area contributed by atoms with Crippen molar-refractivity contribution >= 4 is 35.2 Å². The molecule has 0 unspecified atom stereocenters. The number of aliphatic carboxylic acids is 1. The zero-order valence-electron chi connectivity index (χ0n) is 20.7. The largest absolute Gasteiger partial charge is 0.480 e. The van der Waals surface area contributed by atoms with E-state index in [-0.39, 0.29) is 0 Å². The van der Waals surface area contributed by atoms with Gasteiger partial charge in [-0.3, -0.25) is 14.4 Å². The van der Waals surface area contributed by atoms with Crippen molar-refractivity contribution in [1.29, 1.82) is 0 Å². The van der Waals surface area contributed by atoms with Gasteiger partial charge in [0.2, 0.25) is 11.8 Å². The average molecular weight is 385 g/mol. The molecule has 0 saturated heterocycles. The molecule has 148 valence electrons. The number of nitrogen functional groups attached to an aromatic ring is 1. The van der Waals surface area contributed by atoms with Gasteiger partial charge in [-0.2, -0.15) is 0 Å². The van der Waals surface area contributed by atoms with Gasteiger partial charge in [-0.15, -0.1) is 0 Å². The lowest BCUT2D eigenvalue weighted by molar-refractivity contribution is -0.137. The maximum atomic E-state index is 12.4. The summed E-state index contributed by atoms with van der Waals surface area (Å²) in [5.41, 5.74) is 3.88. The first-order chi connectivity index (χ1) is 15.1. The number of rotatable bonds is 8. The summed E-state index contributed by atoms with van der Waals surface area (Å²) in [7, 11) is 0. The quantitative estimate of drug-likeness (QED) is 0.346. The lowest BCUT2D eigenvalue weighted by Crippen LogP contribution is -2.52. The first-order valence-electron chi connectivity index (χ1n) is 10.8. The summed E-state index contributed by atoms with van der Waals surface area (Å²) in [6.45, 7) is -0.833. The van der Waals surface area contributed by atoms with E-state index < -0.39 is 90.8 Å². The molecule has 1 aromatic carbocycles. The van der Waals surface area contributed by atoms with Crippen LogP contribution in [-0.4, -0.2) is 48.1 Å². The molecule has 0 aliphatic carbocycles. The lowest BCUT2D eigenvalue weighted by Gasteiger charge is -2.22. The van der Waals surface area contributed by atoms with Crippen LogP contribution in [-0.2, 0) is 14.4 Å². The van der Waals surface area contributed by atoms with Crippen LogP contribution in [0.2, 0.25) is 0 Å². The molecule has 1 aromatic rings. The minimum absolute atomic E-state index is 0.474. The summed E-state index contributed by atoms with van der Waals surface area (Å²) in [5, 5.41) is 17.3. The first kappa shape index (κ1) is 13.8. The van der Waals surface area contributed by atoms with Crippen LogP contribution >= 0.6 is 0 Å². The molecular weight excluding hydrogens is 354 g/mol. The smallest absolute Gasteiger partial charge is 0.322 e. The van der Waals surface area contributed by atoms with E-state index in [0.717, 1.165) is 0 Å². The molecular formula is C17H25N5O5. The van der Waals surface area contributed by atoms with E-state index in [9.17, 15) is 19.2 Å². The van der Waals surface area contributed by atoms with Crippen LogP contribution in [0.5, 0.6) is 0 Å². The second-order valence-electron chi connectivity index (χ2n) is 5.75. The molecule has 0 spiro atoms. The maximum Gasteiger partial charge on any atom is 0.322 e. The van der Waals surface area contributed by atoms with Gasteiger partial charge in [0.15, 0.2) is 0 Å². The fourth-order valence-corrected chi connectivity index (χ4v) is 1.82. The van der Waals surface area contributed by atoms with Crippen molar-refractivity contribution in [2.75, 3.05) is 24.1 Å². The average Bonchev–Trinajstić information content (AvgIpc) is 2.69. The minimum atomic E-state index is -2.84. The van der Waals surface area contributed by atoms with E-state index in [1.54, 1.807) is 13.8 Å². The Hall–Kier alpha value is -3.30. The standard InChI is InChI=1S/C17H25N5O5/c1-9(2)15(16(26)20-7-13(23)19-8-14(24)25)22-17(27)21-11-5-4-10(3)12(18)6-11/h4-6,9,15H,7-8,18H2,1-3H3,(H,19,23)(H,20,26)(H,24,25)(H2,21,22,27)/t15-/m0/s1/i3D3,4D,5D,6D. The van der Waals surface area contributed by atoms with Crippen molar-refractivity contribution in [2.45, 2.75) is 26.7 Å². The van der Waals surface area contributed by atoms with E-state index in [4.69, 9.17) is 19.1 Å². The maximum absolute atomic E-state index is 12.4. The number of nitrogens with one attached hydrogen (secondary N) is 4. The van der Waals surface area contributed by atoms with Crippen LogP contribution in [0.4, 0.5) is 16.2 Å². The first-order valence-corrected chi connectivity index (χ1v) is 7.81. The number of urea groups is 1.